The van der Waals surface area contributed by atoms with E-state index in [-0.39, 0.29) is 35.6 Å². The molecule has 3 aliphatic carbocycles. The molecule has 0 amide bonds. The van der Waals surface area contributed by atoms with Gasteiger partial charge in [0.25, 0.3) is 0 Å². The lowest BCUT2D eigenvalue weighted by atomic mass is 9.80. The normalized spacial score (nSPS) is 45.8. The monoisotopic (exact) mass is 248 g/mol. The van der Waals surface area contributed by atoms with Gasteiger partial charge in [0.2, 0.25) is 0 Å². The second-order valence-corrected chi connectivity index (χ2v) is 6.18. The quantitative estimate of drug-likeness (QED) is 0.705. The number of hydrogen-bond acceptors (Lipinski definition) is 3. The molecule has 0 spiro atoms. The van der Waals surface area contributed by atoms with Crippen LogP contribution in [0.5, 0.6) is 0 Å². The van der Waals surface area contributed by atoms with Crippen LogP contribution in [0, 0.1) is 29.6 Å². The van der Waals surface area contributed by atoms with Crippen LogP contribution in [0.15, 0.2) is 12.2 Å². The van der Waals surface area contributed by atoms with Gasteiger partial charge in [-0.2, -0.15) is 0 Å². The fourth-order valence-electron chi connectivity index (χ4n) is 3.66. The molecule has 0 aromatic heterocycles. The average molecular weight is 248 g/mol. The molecule has 18 heavy (non-hydrogen) atoms. The summed E-state index contributed by atoms with van der Waals surface area (Å²) in [6.07, 6.45) is 7.02. The van der Waals surface area contributed by atoms with Crippen LogP contribution in [-0.2, 0) is 14.3 Å². The Morgan fingerprint density at radius 2 is 1.94 bits per heavy atom. The Bertz CT molecular complexity index is 402. The van der Waals surface area contributed by atoms with E-state index in [1.165, 1.54) is 6.42 Å². The number of carbonyl (C=O) groups excluding carboxylic acids is 2. The van der Waals surface area contributed by atoms with Gasteiger partial charge in [-0.05, 0) is 30.8 Å². The molecule has 0 radical (unpaired) electrons. The van der Waals surface area contributed by atoms with Crippen molar-refractivity contribution in [1.82, 2.24) is 0 Å². The molecular weight excluding hydrogens is 228 g/mol. The van der Waals surface area contributed by atoms with Gasteiger partial charge >= 0.3 is 5.97 Å². The molecular formula is C15H20O3. The summed E-state index contributed by atoms with van der Waals surface area (Å²) >= 11 is 0. The Balaban J connectivity index is 1.62. The largest absolute Gasteiger partial charge is 0.462 e. The highest BCUT2D eigenvalue weighted by atomic mass is 16.5. The van der Waals surface area contributed by atoms with E-state index in [9.17, 15) is 9.59 Å². The molecule has 5 atom stereocenters. The summed E-state index contributed by atoms with van der Waals surface area (Å²) in [4.78, 5) is 23.6. The topological polar surface area (TPSA) is 43.4 Å². The third-order valence-electron chi connectivity index (χ3n) is 4.85. The van der Waals surface area contributed by atoms with Gasteiger partial charge in [-0.3, -0.25) is 9.59 Å². The number of carbonyl (C=O) groups is 2. The second-order valence-electron chi connectivity index (χ2n) is 6.18. The van der Waals surface area contributed by atoms with Crippen molar-refractivity contribution in [2.75, 3.05) is 0 Å². The van der Waals surface area contributed by atoms with E-state index in [1.54, 1.807) is 6.08 Å². The summed E-state index contributed by atoms with van der Waals surface area (Å²) in [6.45, 7) is 4.32. The molecule has 0 aliphatic heterocycles. The molecule has 3 aliphatic rings. The minimum absolute atomic E-state index is 0.0478. The minimum atomic E-state index is -0.177. The molecule has 0 heterocycles. The number of rotatable bonds is 2. The molecule has 2 fully saturated rings. The van der Waals surface area contributed by atoms with Crippen LogP contribution in [0.1, 0.15) is 33.1 Å². The summed E-state index contributed by atoms with van der Waals surface area (Å²) in [6, 6.07) is 0. The molecule has 3 nitrogen and oxygen atoms in total. The van der Waals surface area contributed by atoms with E-state index in [0.717, 1.165) is 12.8 Å². The Morgan fingerprint density at radius 1 is 1.28 bits per heavy atom. The van der Waals surface area contributed by atoms with Gasteiger partial charge in [-0.15, -0.1) is 0 Å². The van der Waals surface area contributed by atoms with Crippen molar-refractivity contribution in [3.8, 4) is 0 Å². The number of ketones is 1. The van der Waals surface area contributed by atoms with Gasteiger partial charge in [0.15, 0.2) is 5.78 Å². The molecule has 2 saturated carbocycles. The Morgan fingerprint density at radius 3 is 2.50 bits per heavy atom. The fourth-order valence-corrected chi connectivity index (χ4v) is 3.66. The van der Waals surface area contributed by atoms with Crippen LogP contribution < -0.4 is 0 Å². The van der Waals surface area contributed by atoms with Gasteiger partial charge in [-0.1, -0.05) is 26.3 Å². The maximum atomic E-state index is 12.1. The van der Waals surface area contributed by atoms with E-state index in [2.05, 4.69) is 13.8 Å². The standard InChI is InChI=1S/C15H20O3/c1-8-4-3-5-9(2)14(8)18-15(17)13-10-6-7-11(16)12(10)13/h6-10,12-14H,3-5H2,1-2H3/t8?,9?,10-,12-,13+,14?/m1/s1. The Labute approximate surface area is 108 Å². The van der Waals surface area contributed by atoms with Gasteiger partial charge in [-0.25, -0.2) is 0 Å². The van der Waals surface area contributed by atoms with Crippen molar-refractivity contribution in [2.24, 2.45) is 29.6 Å². The van der Waals surface area contributed by atoms with Gasteiger partial charge < -0.3 is 4.74 Å². The molecule has 0 N–H and O–H groups in total. The maximum Gasteiger partial charge on any atom is 0.310 e. The first-order valence-corrected chi connectivity index (χ1v) is 7.02. The number of esters is 1. The lowest BCUT2D eigenvalue weighted by Gasteiger charge is -2.34. The van der Waals surface area contributed by atoms with Gasteiger partial charge in [0.05, 0.1) is 5.92 Å². The predicted molar refractivity (Wildman–Crippen MR) is 66.7 cm³/mol. The summed E-state index contributed by atoms with van der Waals surface area (Å²) in [5.74, 6) is 0.722. The van der Waals surface area contributed by atoms with E-state index in [4.69, 9.17) is 4.74 Å². The Hall–Kier alpha value is -1.12. The fraction of sp³-hybridized carbons (Fsp3) is 0.733. The van der Waals surface area contributed by atoms with Crippen molar-refractivity contribution in [3.63, 3.8) is 0 Å². The molecule has 0 aromatic carbocycles. The zero-order valence-electron chi connectivity index (χ0n) is 11.0. The Kier molecular flexibility index (Phi) is 2.80. The van der Waals surface area contributed by atoms with Gasteiger partial charge in [0, 0.05) is 11.8 Å². The highest BCUT2D eigenvalue weighted by molar-refractivity contribution is 6.02. The van der Waals surface area contributed by atoms with E-state index >= 15 is 0 Å². The zero-order valence-corrected chi connectivity index (χ0v) is 11.0. The first kappa shape index (κ1) is 11.9. The first-order valence-electron chi connectivity index (χ1n) is 7.02. The molecule has 3 heteroatoms. The predicted octanol–water partition coefficient (Wildman–Crippen LogP) is 2.36. The smallest absolute Gasteiger partial charge is 0.310 e. The van der Waals surface area contributed by atoms with Crippen LogP contribution in [0.25, 0.3) is 0 Å². The molecule has 0 saturated heterocycles. The lowest BCUT2D eigenvalue weighted by Crippen LogP contribution is -2.35. The van der Waals surface area contributed by atoms with E-state index in [1.807, 2.05) is 6.08 Å². The summed E-state index contributed by atoms with van der Waals surface area (Å²) < 4.78 is 5.70. The molecule has 0 aromatic rings. The molecule has 0 bridgehead atoms. The maximum absolute atomic E-state index is 12.1. The van der Waals surface area contributed by atoms with Crippen molar-refractivity contribution in [3.05, 3.63) is 12.2 Å². The van der Waals surface area contributed by atoms with Gasteiger partial charge in [0.1, 0.15) is 6.10 Å². The third kappa shape index (κ3) is 1.80. The van der Waals surface area contributed by atoms with Crippen LogP contribution in [0.3, 0.4) is 0 Å². The highest BCUT2D eigenvalue weighted by Gasteiger charge is 2.60. The minimum Gasteiger partial charge on any atom is -0.462 e. The molecule has 3 rings (SSSR count). The molecule has 98 valence electrons. The van der Waals surface area contributed by atoms with Crippen LogP contribution in [0.2, 0.25) is 0 Å². The first-order chi connectivity index (χ1) is 8.59. The number of hydrogen-bond donors (Lipinski definition) is 0. The zero-order chi connectivity index (χ0) is 12.9. The van der Waals surface area contributed by atoms with E-state index in [0.29, 0.717) is 11.8 Å². The SMILES string of the molecule is CC1CCCC(C)C1OC(=O)[C@H]1[C@@H]2C=CC(=O)[C@@H]21. The number of allylic oxidation sites excluding steroid dienone is 2. The number of fused-ring (bicyclic) bond motifs is 1. The summed E-state index contributed by atoms with van der Waals surface area (Å²) in [5.41, 5.74) is 0. The summed E-state index contributed by atoms with van der Waals surface area (Å²) in [7, 11) is 0. The molecule has 2 unspecified atom stereocenters. The second kappa shape index (κ2) is 4.22. The van der Waals surface area contributed by atoms with Crippen molar-refractivity contribution in [2.45, 2.75) is 39.2 Å². The third-order valence-corrected chi connectivity index (χ3v) is 4.85. The van der Waals surface area contributed by atoms with Crippen LogP contribution in [-0.4, -0.2) is 17.9 Å². The highest BCUT2D eigenvalue weighted by Crippen LogP contribution is 2.52. The summed E-state index contributed by atoms with van der Waals surface area (Å²) in [5, 5.41) is 0. The van der Waals surface area contributed by atoms with Crippen molar-refractivity contribution in [1.29, 1.82) is 0 Å². The average Bonchev–Trinajstić information content (AvgIpc) is 2.95. The van der Waals surface area contributed by atoms with E-state index < -0.39 is 0 Å². The number of ether oxygens (including phenoxy) is 1. The van der Waals surface area contributed by atoms with Crippen molar-refractivity contribution >= 4 is 11.8 Å². The van der Waals surface area contributed by atoms with Crippen LogP contribution >= 0.6 is 0 Å². The van der Waals surface area contributed by atoms with Crippen LogP contribution in [0.4, 0.5) is 0 Å². The lowest BCUT2D eigenvalue weighted by molar-refractivity contribution is -0.159. The van der Waals surface area contributed by atoms with Crippen molar-refractivity contribution < 1.29 is 14.3 Å².